The van der Waals surface area contributed by atoms with E-state index < -0.39 is 6.03 Å². The topological polar surface area (TPSA) is 101 Å². The van der Waals surface area contributed by atoms with E-state index in [1.807, 2.05) is 43.7 Å². The molecule has 8 heteroatoms. The minimum absolute atomic E-state index is 0.234. The summed E-state index contributed by atoms with van der Waals surface area (Å²) in [6, 6.07) is 7.14. The number of carbonyl (C=O) groups excluding carboxylic acids is 1. The van der Waals surface area contributed by atoms with E-state index in [9.17, 15) is 4.79 Å². The summed E-state index contributed by atoms with van der Waals surface area (Å²) in [6.07, 6.45) is 3.40. The van der Waals surface area contributed by atoms with Crippen LogP contribution >= 0.6 is 0 Å². The molecular formula is C16H19N7O. The van der Waals surface area contributed by atoms with Crippen molar-refractivity contribution in [3.8, 4) is 11.3 Å². The fourth-order valence-electron chi connectivity index (χ4n) is 2.40. The van der Waals surface area contributed by atoms with Gasteiger partial charge in [-0.05, 0) is 32.9 Å². The molecule has 0 aromatic carbocycles. The Morgan fingerprint density at radius 2 is 1.88 bits per heavy atom. The van der Waals surface area contributed by atoms with E-state index in [2.05, 4.69) is 30.9 Å². The number of H-pyrrole nitrogens is 1. The van der Waals surface area contributed by atoms with Crippen LogP contribution in [0.1, 0.15) is 25.6 Å². The summed E-state index contributed by atoms with van der Waals surface area (Å²) in [6.45, 7) is 6.02. The number of rotatable bonds is 4. The molecule has 0 bridgehead atoms. The highest BCUT2D eigenvalue weighted by molar-refractivity contribution is 5.98. The zero-order valence-electron chi connectivity index (χ0n) is 13.7. The highest BCUT2D eigenvalue weighted by Crippen LogP contribution is 2.19. The minimum atomic E-state index is -0.392. The Kier molecular flexibility index (Phi) is 4.28. The Balaban J connectivity index is 1.65. The molecule has 0 aliphatic heterocycles. The third-order valence-electron chi connectivity index (χ3n) is 3.46. The average Bonchev–Trinajstić information content (AvgIpc) is 3.15. The number of urea groups is 1. The SMILES string of the molecule is Cc1cc(NC(=O)Nc2cc(-c3ccncc3)[nH]n2)nn1C(C)C. The maximum atomic E-state index is 12.1. The van der Waals surface area contributed by atoms with Gasteiger partial charge in [-0.15, -0.1) is 0 Å². The Morgan fingerprint density at radius 1 is 1.17 bits per heavy atom. The van der Waals surface area contributed by atoms with Crippen LogP contribution in [0.2, 0.25) is 0 Å². The highest BCUT2D eigenvalue weighted by atomic mass is 16.2. The molecule has 2 amide bonds. The maximum absolute atomic E-state index is 12.1. The Labute approximate surface area is 139 Å². The zero-order valence-corrected chi connectivity index (χ0v) is 13.7. The van der Waals surface area contributed by atoms with Gasteiger partial charge in [-0.1, -0.05) is 0 Å². The van der Waals surface area contributed by atoms with Crippen LogP contribution in [0.4, 0.5) is 16.4 Å². The third kappa shape index (κ3) is 3.43. The lowest BCUT2D eigenvalue weighted by Crippen LogP contribution is -2.20. The van der Waals surface area contributed by atoms with Gasteiger partial charge in [-0.2, -0.15) is 10.2 Å². The van der Waals surface area contributed by atoms with E-state index in [0.29, 0.717) is 11.6 Å². The minimum Gasteiger partial charge on any atom is -0.291 e. The molecule has 3 heterocycles. The van der Waals surface area contributed by atoms with E-state index in [4.69, 9.17) is 0 Å². The number of carbonyl (C=O) groups is 1. The van der Waals surface area contributed by atoms with Crippen molar-refractivity contribution >= 4 is 17.7 Å². The maximum Gasteiger partial charge on any atom is 0.326 e. The monoisotopic (exact) mass is 325 g/mol. The lowest BCUT2D eigenvalue weighted by molar-refractivity contribution is 0.262. The molecule has 8 nitrogen and oxygen atoms in total. The molecule has 0 unspecified atom stereocenters. The predicted octanol–water partition coefficient (Wildman–Crippen LogP) is 3.20. The molecule has 0 radical (unpaired) electrons. The number of hydrogen-bond donors (Lipinski definition) is 3. The first kappa shape index (κ1) is 15.7. The Morgan fingerprint density at radius 3 is 2.54 bits per heavy atom. The van der Waals surface area contributed by atoms with Crippen LogP contribution in [0.3, 0.4) is 0 Å². The second-order valence-electron chi connectivity index (χ2n) is 5.69. The lowest BCUT2D eigenvalue weighted by Gasteiger charge is -2.07. The van der Waals surface area contributed by atoms with Crippen LogP contribution < -0.4 is 10.6 Å². The number of nitrogens with zero attached hydrogens (tertiary/aromatic N) is 4. The van der Waals surface area contributed by atoms with Crippen LogP contribution in [0, 0.1) is 6.92 Å². The smallest absolute Gasteiger partial charge is 0.291 e. The van der Waals surface area contributed by atoms with Crippen molar-refractivity contribution in [3.63, 3.8) is 0 Å². The number of aromatic nitrogens is 5. The number of anilines is 2. The van der Waals surface area contributed by atoms with Crippen LogP contribution in [-0.4, -0.2) is 31.0 Å². The molecule has 0 spiro atoms. The summed E-state index contributed by atoms with van der Waals surface area (Å²) < 4.78 is 1.85. The molecule has 0 atom stereocenters. The van der Waals surface area contributed by atoms with Gasteiger partial charge in [0.1, 0.15) is 0 Å². The number of aromatic amines is 1. The standard InChI is InChI=1S/C16H19N7O/c1-10(2)23-11(3)8-15(22-23)19-16(24)18-14-9-13(20-21-14)12-4-6-17-7-5-12/h4-10H,1-3H3,(H3,18,19,20,21,22,24). The van der Waals surface area contributed by atoms with Gasteiger partial charge >= 0.3 is 6.03 Å². The molecule has 124 valence electrons. The van der Waals surface area contributed by atoms with Crippen LogP contribution in [-0.2, 0) is 0 Å². The predicted molar refractivity (Wildman–Crippen MR) is 91.8 cm³/mol. The van der Waals surface area contributed by atoms with Gasteiger partial charge in [0.2, 0.25) is 0 Å². The summed E-state index contributed by atoms with van der Waals surface area (Å²) in [7, 11) is 0. The van der Waals surface area contributed by atoms with Crippen LogP contribution in [0.25, 0.3) is 11.3 Å². The summed E-state index contributed by atoms with van der Waals surface area (Å²) in [4.78, 5) is 16.1. The van der Waals surface area contributed by atoms with Crippen molar-refractivity contribution in [1.82, 2.24) is 25.0 Å². The molecular weight excluding hydrogens is 306 g/mol. The summed E-state index contributed by atoms with van der Waals surface area (Å²) in [5.74, 6) is 0.933. The van der Waals surface area contributed by atoms with Gasteiger partial charge in [0.15, 0.2) is 11.6 Å². The lowest BCUT2D eigenvalue weighted by atomic mass is 10.2. The van der Waals surface area contributed by atoms with E-state index in [1.54, 1.807) is 18.5 Å². The quantitative estimate of drug-likeness (QED) is 0.685. The molecule has 0 saturated carbocycles. The summed E-state index contributed by atoms with van der Waals surface area (Å²) in [5, 5.41) is 16.7. The van der Waals surface area contributed by atoms with Crippen LogP contribution in [0.5, 0.6) is 0 Å². The average molecular weight is 325 g/mol. The molecule has 24 heavy (non-hydrogen) atoms. The molecule has 0 aliphatic carbocycles. The van der Waals surface area contributed by atoms with Gasteiger partial charge in [-0.25, -0.2) is 4.79 Å². The molecule has 0 fully saturated rings. The second-order valence-corrected chi connectivity index (χ2v) is 5.69. The van der Waals surface area contributed by atoms with Gasteiger partial charge in [0, 0.05) is 41.8 Å². The molecule has 3 N–H and O–H groups in total. The highest BCUT2D eigenvalue weighted by Gasteiger charge is 2.11. The van der Waals surface area contributed by atoms with Gasteiger partial charge in [0.05, 0.1) is 5.69 Å². The van der Waals surface area contributed by atoms with Crippen LogP contribution in [0.15, 0.2) is 36.7 Å². The first-order chi connectivity index (χ1) is 11.5. The molecule has 0 aliphatic rings. The van der Waals surface area contributed by atoms with E-state index >= 15 is 0 Å². The van der Waals surface area contributed by atoms with E-state index in [0.717, 1.165) is 17.0 Å². The van der Waals surface area contributed by atoms with Crippen molar-refractivity contribution in [2.24, 2.45) is 0 Å². The number of pyridine rings is 1. The van der Waals surface area contributed by atoms with Gasteiger partial charge < -0.3 is 0 Å². The normalized spacial score (nSPS) is 10.8. The van der Waals surface area contributed by atoms with Crippen molar-refractivity contribution in [3.05, 3.63) is 42.4 Å². The third-order valence-corrected chi connectivity index (χ3v) is 3.46. The first-order valence-corrected chi connectivity index (χ1v) is 7.63. The fraction of sp³-hybridized carbons (Fsp3) is 0.250. The first-order valence-electron chi connectivity index (χ1n) is 7.63. The van der Waals surface area contributed by atoms with Crippen molar-refractivity contribution in [2.45, 2.75) is 26.8 Å². The molecule has 3 aromatic rings. The summed E-state index contributed by atoms with van der Waals surface area (Å²) >= 11 is 0. The number of hydrogen-bond acceptors (Lipinski definition) is 4. The molecule has 3 aromatic heterocycles. The number of nitrogens with one attached hydrogen (secondary N) is 3. The van der Waals surface area contributed by atoms with Gasteiger partial charge in [0.25, 0.3) is 0 Å². The zero-order chi connectivity index (χ0) is 17.1. The molecule has 0 saturated heterocycles. The van der Waals surface area contributed by atoms with Gasteiger partial charge in [-0.3, -0.25) is 25.4 Å². The Hall–Kier alpha value is -3.16. The number of amides is 2. The Bertz CT molecular complexity index is 835. The van der Waals surface area contributed by atoms with Crippen molar-refractivity contribution < 1.29 is 4.79 Å². The largest absolute Gasteiger partial charge is 0.326 e. The second kappa shape index (κ2) is 6.53. The van der Waals surface area contributed by atoms with Crippen molar-refractivity contribution in [2.75, 3.05) is 10.6 Å². The number of aryl methyl sites for hydroxylation is 1. The van der Waals surface area contributed by atoms with E-state index in [-0.39, 0.29) is 6.04 Å². The fourth-order valence-corrected chi connectivity index (χ4v) is 2.40. The molecule has 3 rings (SSSR count). The summed E-state index contributed by atoms with van der Waals surface area (Å²) in [5.41, 5.74) is 2.73. The van der Waals surface area contributed by atoms with Crippen molar-refractivity contribution in [1.29, 1.82) is 0 Å². The van der Waals surface area contributed by atoms with E-state index in [1.165, 1.54) is 0 Å².